The van der Waals surface area contributed by atoms with Crippen LogP contribution < -0.4 is 15.0 Å². The first kappa shape index (κ1) is 22.6. The summed E-state index contributed by atoms with van der Waals surface area (Å²) in [4.78, 5) is 34.8. The van der Waals surface area contributed by atoms with Crippen molar-refractivity contribution in [3.05, 3.63) is 102 Å². The summed E-state index contributed by atoms with van der Waals surface area (Å²) in [6.45, 7) is 3.06. The van der Waals surface area contributed by atoms with Crippen LogP contribution >= 0.6 is 0 Å². The number of pyridine rings is 1. The van der Waals surface area contributed by atoms with Gasteiger partial charge in [0.2, 0.25) is 0 Å². The third-order valence-electron chi connectivity index (χ3n) is 7.73. The Kier molecular flexibility index (Phi) is 5.04. The van der Waals surface area contributed by atoms with Crippen molar-refractivity contribution >= 4 is 17.6 Å². The Morgan fingerprint density at radius 3 is 2.89 bits per heavy atom. The minimum atomic E-state index is -0.908. The summed E-state index contributed by atoms with van der Waals surface area (Å²) in [5.74, 6) is 0.664. The zero-order valence-electron chi connectivity index (χ0n) is 20.9. The van der Waals surface area contributed by atoms with Gasteiger partial charge in [-0.15, -0.1) is 0 Å². The Bertz CT molecular complexity index is 1570. The molecule has 0 radical (unpaired) electrons. The highest BCUT2D eigenvalue weighted by molar-refractivity contribution is 5.99. The molecule has 8 nitrogen and oxygen atoms in total. The number of furan rings is 1. The molecule has 7 rings (SSSR count). The first-order valence-electron chi connectivity index (χ1n) is 12.8. The van der Waals surface area contributed by atoms with E-state index in [1.165, 1.54) is 0 Å². The SMILES string of the molecule is CC12CC(NC(=O)N1c1cccc(C(=O)N3CCc4ncccc4C3)c1)c1cc(-c3ccoc3)ccc1O2. The van der Waals surface area contributed by atoms with Gasteiger partial charge in [0.1, 0.15) is 5.75 Å². The first-order chi connectivity index (χ1) is 18.5. The Labute approximate surface area is 219 Å². The molecule has 0 spiro atoms. The monoisotopic (exact) mass is 506 g/mol. The number of benzene rings is 2. The molecule has 4 aromatic rings. The van der Waals surface area contributed by atoms with Crippen molar-refractivity contribution in [2.24, 2.45) is 0 Å². The summed E-state index contributed by atoms with van der Waals surface area (Å²) in [5.41, 5.74) is 5.28. The van der Waals surface area contributed by atoms with Crippen molar-refractivity contribution < 1.29 is 18.7 Å². The van der Waals surface area contributed by atoms with Gasteiger partial charge in [0.25, 0.3) is 5.91 Å². The van der Waals surface area contributed by atoms with Crippen molar-refractivity contribution in [2.75, 3.05) is 11.4 Å². The molecule has 1 fully saturated rings. The van der Waals surface area contributed by atoms with Gasteiger partial charge in [-0.2, -0.15) is 0 Å². The van der Waals surface area contributed by atoms with Gasteiger partial charge in [-0.25, -0.2) is 4.79 Å². The van der Waals surface area contributed by atoms with Crippen LogP contribution in [0.1, 0.15) is 46.6 Å². The largest absolute Gasteiger partial charge is 0.472 e. The second kappa shape index (κ2) is 8.48. The quantitative estimate of drug-likeness (QED) is 0.407. The highest BCUT2D eigenvalue weighted by Gasteiger charge is 2.50. The van der Waals surface area contributed by atoms with E-state index in [0.29, 0.717) is 30.8 Å². The number of hydrogen-bond acceptors (Lipinski definition) is 5. The zero-order valence-corrected chi connectivity index (χ0v) is 20.9. The smallest absolute Gasteiger partial charge is 0.325 e. The van der Waals surface area contributed by atoms with Gasteiger partial charge in [-0.3, -0.25) is 14.7 Å². The van der Waals surface area contributed by atoms with E-state index in [2.05, 4.69) is 10.3 Å². The molecule has 3 aliphatic rings. The van der Waals surface area contributed by atoms with Gasteiger partial charge in [-0.1, -0.05) is 18.2 Å². The van der Waals surface area contributed by atoms with E-state index in [0.717, 1.165) is 40.1 Å². The number of rotatable bonds is 3. The van der Waals surface area contributed by atoms with E-state index in [4.69, 9.17) is 9.15 Å². The number of amides is 3. The highest BCUT2D eigenvalue weighted by atomic mass is 16.5. The van der Waals surface area contributed by atoms with Gasteiger partial charge in [-0.05, 0) is 60.5 Å². The van der Waals surface area contributed by atoms with Crippen LogP contribution in [0.5, 0.6) is 5.75 Å². The van der Waals surface area contributed by atoms with Crippen LogP contribution in [0.4, 0.5) is 10.5 Å². The highest BCUT2D eigenvalue weighted by Crippen LogP contribution is 2.46. The van der Waals surface area contributed by atoms with Gasteiger partial charge < -0.3 is 19.4 Å². The Hall–Kier alpha value is -4.59. The maximum Gasteiger partial charge on any atom is 0.325 e. The molecule has 2 bridgehead atoms. The van der Waals surface area contributed by atoms with Gasteiger partial charge in [0.15, 0.2) is 5.72 Å². The summed E-state index contributed by atoms with van der Waals surface area (Å²) in [7, 11) is 0. The summed E-state index contributed by atoms with van der Waals surface area (Å²) < 4.78 is 11.7. The maximum atomic E-state index is 13.5. The standard InChI is InChI=1S/C30H26N4O4/c1-30-16-26(24-15-19(7-8-27(24)38-30)22-10-13-37-18-22)32-29(36)34(30)23-6-2-4-20(14-23)28(35)33-12-9-25-21(17-33)5-3-11-31-25/h2-8,10-11,13-15,18,26H,9,12,16-17H2,1H3,(H,32,36). The average molecular weight is 507 g/mol. The van der Waals surface area contributed by atoms with Crippen molar-refractivity contribution in [2.45, 2.75) is 38.1 Å². The molecule has 5 heterocycles. The molecule has 1 saturated heterocycles. The molecule has 38 heavy (non-hydrogen) atoms. The van der Waals surface area contributed by atoms with Crippen LogP contribution in [-0.4, -0.2) is 34.1 Å². The lowest BCUT2D eigenvalue weighted by Gasteiger charge is -2.50. The molecular weight excluding hydrogens is 480 g/mol. The predicted molar refractivity (Wildman–Crippen MR) is 141 cm³/mol. The minimum absolute atomic E-state index is 0.0662. The molecule has 0 saturated carbocycles. The number of aromatic nitrogens is 1. The molecular formula is C30H26N4O4. The number of anilines is 1. The van der Waals surface area contributed by atoms with E-state index >= 15 is 0 Å². The summed E-state index contributed by atoms with van der Waals surface area (Å²) in [5, 5.41) is 3.15. The van der Waals surface area contributed by atoms with Crippen LogP contribution in [0.15, 0.2) is 83.8 Å². The van der Waals surface area contributed by atoms with Crippen molar-refractivity contribution in [1.82, 2.24) is 15.2 Å². The number of carbonyl (C=O) groups excluding carboxylic acids is 2. The number of nitrogens with zero attached hydrogens (tertiary/aromatic N) is 3. The molecule has 1 N–H and O–H groups in total. The Balaban J connectivity index is 1.17. The third kappa shape index (κ3) is 3.63. The first-order valence-corrected chi connectivity index (χ1v) is 12.8. The van der Waals surface area contributed by atoms with E-state index in [1.807, 2.05) is 60.4 Å². The van der Waals surface area contributed by atoms with E-state index in [-0.39, 0.29) is 18.0 Å². The normalized spacial score (nSPS) is 21.7. The average Bonchev–Trinajstić information content (AvgIpc) is 3.47. The lowest BCUT2D eigenvalue weighted by Crippen LogP contribution is -2.65. The Morgan fingerprint density at radius 1 is 1.11 bits per heavy atom. The molecule has 0 aliphatic carbocycles. The van der Waals surface area contributed by atoms with Crippen LogP contribution in [-0.2, 0) is 13.0 Å². The van der Waals surface area contributed by atoms with Crippen molar-refractivity contribution in [1.29, 1.82) is 0 Å². The molecule has 2 aromatic heterocycles. The lowest BCUT2D eigenvalue weighted by molar-refractivity contribution is 0.0378. The molecule has 3 aliphatic heterocycles. The second-order valence-corrected chi connectivity index (χ2v) is 10.2. The number of urea groups is 1. The molecule has 190 valence electrons. The molecule has 3 amide bonds. The van der Waals surface area contributed by atoms with Crippen LogP contribution in [0.3, 0.4) is 0 Å². The van der Waals surface area contributed by atoms with E-state index in [9.17, 15) is 9.59 Å². The fraction of sp³-hybridized carbons (Fsp3) is 0.233. The third-order valence-corrected chi connectivity index (χ3v) is 7.73. The fourth-order valence-corrected chi connectivity index (χ4v) is 5.87. The minimum Gasteiger partial charge on any atom is -0.472 e. The molecule has 2 unspecified atom stereocenters. The predicted octanol–water partition coefficient (Wildman–Crippen LogP) is 5.31. The fourth-order valence-electron chi connectivity index (χ4n) is 5.87. The number of nitrogens with one attached hydrogen (secondary N) is 1. The van der Waals surface area contributed by atoms with Gasteiger partial charge in [0.05, 0.1) is 24.3 Å². The van der Waals surface area contributed by atoms with Crippen LogP contribution in [0.2, 0.25) is 0 Å². The molecule has 8 heteroatoms. The second-order valence-electron chi connectivity index (χ2n) is 10.2. The summed E-state index contributed by atoms with van der Waals surface area (Å²) in [6.07, 6.45) is 6.42. The Morgan fingerprint density at radius 2 is 2.03 bits per heavy atom. The zero-order chi connectivity index (χ0) is 25.9. The topological polar surface area (TPSA) is 87.9 Å². The van der Waals surface area contributed by atoms with Gasteiger partial charge in [0, 0.05) is 54.5 Å². The summed E-state index contributed by atoms with van der Waals surface area (Å²) >= 11 is 0. The van der Waals surface area contributed by atoms with Crippen molar-refractivity contribution in [3.8, 4) is 16.9 Å². The number of fused-ring (bicyclic) bond motifs is 5. The van der Waals surface area contributed by atoms with Gasteiger partial charge >= 0.3 is 6.03 Å². The van der Waals surface area contributed by atoms with Crippen LogP contribution in [0.25, 0.3) is 11.1 Å². The number of ether oxygens (including phenoxy) is 1. The number of carbonyl (C=O) groups is 2. The number of hydrogen-bond donors (Lipinski definition) is 1. The molecule has 2 atom stereocenters. The van der Waals surface area contributed by atoms with E-state index < -0.39 is 5.72 Å². The lowest BCUT2D eigenvalue weighted by atomic mass is 9.88. The molecule has 2 aromatic carbocycles. The van der Waals surface area contributed by atoms with Crippen LogP contribution in [0, 0.1) is 0 Å². The van der Waals surface area contributed by atoms with Crippen molar-refractivity contribution in [3.63, 3.8) is 0 Å². The summed E-state index contributed by atoms with van der Waals surface area (Å²) in [6, 6.07) is 18.6. The maximum absolute atomic E-state index is 13.5. The van der Waals surface area contributed by atoms with E-state index in [1.54, 1.807) is 35.8 Å².